The number of likely N-dealkylation sites (N-methyl/N-ethyl adjacent to an activating group) is 1. The number of aliphatic carboxylic acids is 1. The zero-order chi connectivity index (χ0) is 15.9. The SMILES string of the molecule is CCN1C2CCC1[C@H](OC(=O)c1ccc(O)cc1)[C@@H]2C(=O)O. The number of hydrogen-bond acceptors (Lipinski definition) is 5. The standard InChI is InChI=1S/C16H19NO5/c1-2-17-11-7-8-12(17)14(13(11)15(19)20)22-16(21)9-3-5-10(18)6-4-9/h3-6,11-14,18H,2,7-8H2,1H3,(H,19,20)/t11?,12?,13-,14+/m1/s1. The maximum Gasteiger partial charge on any atom is 0.338 e. The van der Waals surface area contributed by atoms with Crippen LogP contribution in [0, 0.1) is 5.92 Å². The van der Waals surface area contributed by atoms with E-state index in [9.17, 15) is 19.8 Å². The molecule has 0 aliphatic carbocycles. The highest BCUT2D eigenvalue weighted by atomic mass is 16.5. The van der Waals surface area contributed by atoms with Crippen LogP contribution < -0.4 is 0 Å². The first-order valence-corrected chi connectivity index (χ1v) is 7.51. The third-order valence-electron chi connectivity index (χ3n) is 4.75. The smallest absolute Gasteiger partial charge is 0.338 e. The summed E-state index contributed by atoms with van der Waals surface area (Å²) in [5.41, 5.74) is 0.313. The van der Waals surface area contributed by atoms with Crippen LogP contribution in [0.25, 0.3) is 0 Å². The summed E-state index contributed by atoms with van der Waals surface area (Å²) in [7, 11) is 0. The summed E-state index contributed by atoms with van der Waals surface area (Å²) in [5, 5.41) is 18.7. The molecule has 3 rings (SSSR count). The minimum absolute atomic E-state index is 0.0165. The Bertz CT molecular complexity index is 585. The fraction of sp³-hybridized carbons (Fsp3) is 0.500. The van der Waals surface area contributed by atoms with E-state index in [0.717, 1.165) is 19.4 Å². The van der Waals surface area contributed by atoms with Gasteiger partial charge < -0.3 is 14.9 Å². The molecule has 2 unspecified atom stereocenters. The van der Waals surface area contributed by atoms with Crippen molar-refractivity contribution in [2.24, 2.45) is 5.92 Å². The summed E-state index contributed by atoms with van der Waals surface area (Å²) in [6.45, 7) is 2.75. The van der Waals surface area contributed by atoms with Crippen molar-refractivity contribution >= 4 is 11.9 Å². The number of benzene rings is 1. The van der Waals surface area contributed by atoms with E-state index < -0.39 is 24.0 Å². The van der Waals surface area contributed by atoms with Crippen LogP contribution in [0.3, 0.4) is 0 Å². The Morgan fingerprint density at radius 2 is 1.86 bits per heavy atom. The summed E-state index contributed by atoms with van der Waals surface area (Å²) >= 11 is 0. The number of carboxylic acids is 1. The lowest BCUT2D eigenvalue weighted by Crippen LogP contribution is -2.40. The number of phenolic OH excluding ortho intramolecular Hbond substituents is 1. The molecule has 118 valence electrons. The Hall–Kier alpha value is -2.08. The minimum Gasteiger partial charge on any atom is -0.508 e. The first-order valence-electron chi connectivity index (χ1n) is 7.51. The third kappa shape index (κ3) is 2.33. The van der Waals surface area contributed by atoms with Gasteiger partial charge in [-0.15, -0.1) is 0 Å². The van der Waals surface area contributed by atoms with Gasteiger partial charge in [-0.05, 0) is 43.7 Å². The molecule has 2 bridgehead atoms. The lowest BCUT2D eigenvalue weighted by atomic mass is 9.86. The van der Waals surface area contributed by atoms with Crippen molar-refractivity contribution in [2.75, 3.05) is 6.54 Å². The summed E-state index contributed by atoms with van der Waals surface area (Å²) in [5.74, 6) is -2.05. The normalized spacial score (nSPS) is 30.4. The minimum atomic E-state index is -0.908. The van der Waals surface area contributed by atoms with Crippen LogP contribution in [0.15, 0.2) is 24.3 Å². The molecule has 2 heterocycles. The van der Waals surface area contributed by atoms with E-state index in [1.54, 1.807) is 0 Å². The molecule has 6 heteroatoms. The highest BCUT2D eigenvalue weighted by molar-refractivity contribution is 5.90. The van der Waals surface area contributed by atoms with Crippen LogP contribution in [0.5, 0.6) is 5.75 Å². The van der Waals surface area contributed by atoms with Crippen molar-refractivity contribution in [1.29, 1.82) is 0 Å². The van der Waals surface area contributed by atoms with Crippen LogP contribution >= 0.6 is 0 Å². The molecular formula is C16H19NO5. The van der Waals surface area contributed by atoms with E-state index >= 15 is 0 Å². The quantitative estimate of drug-likeness (QED) is 0.819. The molecule has 0 radical (unpaired) electrons. The molecule has 0 aromatic heterocycles. The number of carbonyl (C=O) groups excluding carboxylic acids is 1. The maximum atomic E-state index is 12.2. The summed E-state index contributed by atoms with van der Waals surface area (Å²) in [4.78, 5) is 25.9. The van der Waals surface area contributed by atoms with E-state index in [0.29, 0.717) is 5.56 Å². The Labute approximate surface area is 128 Å². The molecule has 2 aliphatic rings. The number of hydrogen-bond donors (Lipinski definition) is 2. The molecule has 1 aromatic carbocycles. The molecule has 2 fully saturated rings. The molecule has 22 heavy (non-hydrogen) atoms. The van der Waals surface area contributed by atoms with Gasteiger partial charge in [0.25, 0.3) is 0 Å². The summed E-state index contributed by atoms with van der Waals surface area (Å²) in [6, 6.07) is 5.69. The predicted octanol–water partition coefficient (Wildman–Crippen LogP) is 1.48. The van der Waals surface area contributed by atoms with E-state index in [1.165, 1.54) is 24.3 Å². The maximum absolute atomic E-state index is 12.2. The second kappa shape index (κ2) is 5.61. The number of phenols is 1. The Morgan fingerprint density at radius 1 is 1.23 bits per heavy atom. The van der Waals surface area contributed by atoms with E-state index in [4.69, 9.17) is 4.74 Å². The van der Waals surface area contributed by atoms with Gasteiger partial charge in [-0.25, -0.2) is 4.79 Å². The average molecular weight is 305 g/mol. The highest BCUT2D eigenvalue weighted by Crippen LogP contribution is 2.43. The molecule has 4 atom stereocenters. The summed E-state index contributed by atoms with van der Waals surface area (Å²) < 4.78 is 5.53. The van der Waals surface area contributed by atoms with Gasteiger partial charge in [-0.1, -0.05) is 6.92 Å². The third-order valence-corrected chi connectivity index (χ3v) is 4.75. The number of carbonyl (C=O) groups is 2. The molecule has 1 aromatic rings. The number of nitrogens with zero attached hydrogens (tertiary/aromatic N) is 1. The zero-order valence-electron chi connectivity index (χ0n) is 12.3. The molecule has 2 N–H and O–H groups in total. The van der Waals surface area contributed by atoms with Gasteiger partial charge >= 0.3 is 11.9 Å². The van der Waals surface area contributed by atoms with Gasteiger partial charge in [-0.3, -0.25) is 9.69 Å². The summed E-state index contributed by atoms with van der Waals surface area (Å²) in [6.07, 6.45) is 1.08. The van der Waals surface area contributed by atoms with Gasteiger partial charge in [0.05, 0.1) is 5.56 Å². The van der Waals surface area contributed by atoms with E-state index in [2.05, 4.69) is 4.90 Å². The number of fused-ring (bicyclic) bond motifs is 2. The Balaban J connectivity index is 1.79. The molecular weight excluding hydrogens is 286 g/mol. The molecule has 0 saturated carbocycles. The Morgan fingerprint density at radius 3 is 2.45 bits per heavy atom. The van der Waals surface area contributed by atoms with Crippen LogP contribution in [0.1, 0.15) is 30.1 Å². The number of rotatable bonds is 4. The zero-order valence-corrected chi connectivity index (χ0v) is 12.3. The molecule has 0 amide bonds. The second-order valence-electron chi connectivity index (χ2n) is 5.82. The molecule has 0 spiro atoms. The van der Waals surface area contributed by atoms with Crippen LogP contribution in [0.2, 0.25) is 0 Å². The highest BCUT2D eigenvalue weighted by Gasteiger charge is 2.57. The average Bonchev–Trinajstić information content (AvgIpc) is 3.02. The first-order chi connectivity index (χ1) is 10.5. The van der Waals surface area contributed by atoms with Crippen molar-refractivity contribution < 1.29 is 24.5 Å². The molecule has 2 saturated heterocycles. The van der Waals surface area contributed by atoms with Gasteiger partial charge in [0.1, 0.15) is 17.8 Å². The predicted molar refractivity (Wildman–Crippen MR) is 77.6 cm³/mol. The van der Waals surface area contributed by atoms with Crippen LogP contribution in [-0.2, 0) is 9.53 Å². The van der Waals surface area contributed by atoms with Crippen molar-refractivity contribution in [2.45, 2.75) is 38.0 Å². The van der Waals surface area contributed by atoms with E-state index in [-0.39, 0.29) is 17.8 Å². The van der Waals surface area contributed by atoms with Crippen LogP contribution in [-0.4, -0.2) is 51.8 Å². The van der Waals surface area contributed by atoms with Gasteiger partial charge in [0, 0.05) is 12.1 Å². The monoisotopic (exact) mass is 305 g/mol. The first kappa shape index (κ1) is 14.8. The topological polar surface area (TPSA) is 87.1 Å². The fourth-order valence-corrected chi connectivity index (χ4v) is 3.83. The number of carboxylic acid groups (broad SMARTS) is 1. The fourth-order valence-electron chi connectivity index (χ4n) is 3.83. The van der Waals surface area contributed by atoms with Crippen molar-refractivity contribution in [3.63, 3.8) is 0 Å². The number of ether oxygens (including phenoxy) is 1. The van der Waals surface area contributed by atoms with Crippen molar-refractivity contribution in [1.82, 2.24) is 4.90 Å². The second-order valence-corrected chi connectivity index (χ2v) is 5.82. The van der Waals surface area contributed by atoms with Crippen molar-refractivity contribution in [3.05, 3.63) is 29.8 Å². The number of aromatic hydroxyl groups is 1. The number of esters is 1. The van der Waals surface area contributed by atoms with Gasteiger partial charge in [0.15, 0.2) is 0 Å². The van der Waals surface area contributed by atoms with E-state index in [1.807, 2.05) is 6.92 Å². The van der Waals surface area contributed by atoms with Gasteiger partial charge in [0.2, 0.25) is 0 Å². The largest absolute Gasteiger partial charge is 0.508 e. The molecule has 6 nitrogen and oxygen atoms in total. The molecule has 2 aliphatic heterocycles. The Kier molecular flexibility index (Phi) is 3.78. The van der Waals surface area contributed by atoms with Crippen molar-refractivity contribution in [3.8, 4) is 5.75 Å². The van der Waals surface area contributed by atoms with Crippen LogP contribution in [0.4, 0.5) is 0 Å². The van der Waals surface area contributed by atoms with Gasteiger partial charge in [-0.2, -0.15) is 0 Å². The lowest BCUT2D eigenvalue weighted by Gasteiger charge is -2.26. The lowest BCUT2D eigenvalue weighted by molar-refractivity contribution is -0.146.